The molecule has 0 atom stereocenters. The normalized spacial score (nSPS) is 10.5. The van der Waals surface area contributed by atoms with Gasteiger partial charge >= 0.3 is 0 Å². The minimum absolute atomic E-state index is 0.819. The predicted octanol–water partition coefficient (Wildman–Crippen LogP) is 3.45. The van der Waals surface area contributed by atoms with Gasteiger partial charge in [0.15, 0.2) is 0 Å². The first kappa shape index (κ1) is 13.8. The van der Waals surface area contributed by atoms with Crippen molar-refractivity contribution in [2.24, 2.45) is 0 Å². The molecule has 2 heterocycles. The summed E-state index contributed by atoms with van der Waals surface area (Å²) < 4.78 is 0. The minimum Gasteiger partial charge on any atom is -0.370 e. The highest BCUT2D eigenvalue weighted by Crippen LogP contribution is 2.22. The summed E-state index contributed by atoms with van der Waals surface area (Å²) in [6, 6.07) is 2.15. The van der Waals surface area contributed by atoms with E-state index < -0.39 is 0 Å². The lowest BCUT2D eigenvalue weighted by molar-refractivity contribution is 1.00. The number of aryl methyl sites for hydroxylation is 1. The Labute approximate surface area is 118 Å². The van der Waals surface area contributed by atoms with Crippen LogP contribution in [0, 0.1) is 6.92 Å². The van der Waals surface area contributed by atoms with Crippen molar-refractivity contribution in [2.75, 3.05) is 17.2 Å². The second-order valence-corrected chi connectivity index (χ2v) is 5.31. The van der Waals surface area contributed by atoms with Gasteiger partial charge in [0.05, 0.1) is 6.54 Å². The summed E-state index contributed by atoms with van der Waals surface area (Å²) in [6.45, 7) is 8.02. The van der Waals surface area contributed by atoms with E-state index in [-0.39, 0.29) is 0 Å². The van der Waals surface area contributed by atoms with Gasteiger partial charge in [0, 0.05) is 17.0 Å². The van der Waals surface area contributed by atoms with Crippen LogP contribution in [0.2, 0.25) is 0 Å². The molecule has 0 saturated carbocycles. The van der Waals surface area contributed by atoms with Crippen LogP contribution in [0.3, 0.4) is 0 Å². The van der Waals surface area contributed by atoms with Crippen molar-refractivity contribution in [3.05, 3.63) is 33.8 Å². The smallest absolute Gasteiger partial charge is 0.135 e. The van der Waals surface area contributed by atoms with E-state index in [0.717, 1.165) is 36.7 Å². The topological polar surface area (TPSA) is 49.8 Å². The molecule has 0 radical (unpaired) electrons. The lowest BCUT2D eigenvalue weighted by atomic mass is 10.2. The minimum atomic E-state index is 0.819. The molecular formula is C14H20N4S. The number of nitrogens with zero attached hydrogens (tertiary/aromatic N) is 2. The van der Waals surface area contributed by atoms with Crippen LogP contribution in [0.5, 0.6) is 0 Å². The molecule has 2 N–H and O–H groups in total. The van der Waals surface area contributed by atoms with Gasteiger partial charge in [0.2, 0.25) is 0 Å². The maximum absolute atomic E-state index is 4.36. The molecule has 2 aromatic rings. The number of anilines is 2. The Morgan fingerprint density at radius 2 is 1.89 bits per heavy atom. The van der Waals surface area contributed by atoms with E-state index >= 15 is 0 Å². The number of nitrogens with one attached hydrogen (secondary N) is 2. The zero-order valence-corrected chi connectivity index (χ0v) is 12.5. The largest absolute Gasteiger partial charge is 0.370 e. The Morgan fingerprint density at radius 3 is 2.47 bits per heavy atom. The van der Waals surface area contributed by atoms with Gasteiger partial charge in [-0.15, -0.1) is 11.3 Å². The average Bonchev–Trinajstić information content (AvgIpc) is 2.82. The monoisotopic (exact) mass is 276 g/mol. The lowest BCUT2D eigenvalue weighted by Crippen LogP contribution is -2.09. The Bertz CT molecular complexity index is 536. The van der Waals surface area contributed by atoms with E-state index in [2.05, 4.69) is 52.8 Å². The molecule has 0 aromatic carbocycles. The van der Waals surface area contributed by atoms with Crippen LogP contribution < -0.4 is 10.6 Å². The maximum Gasteiger partial charge on any atom is 0.135 e. The van der Waals surface area contributed by atoms with Gasteiger partial charge in [-0.25, -0.2) is 9.97 Å². The molecule has 2 aromatic heterocycles. The van der Waals surface area contributed by atoms with Gasteiger partial charge in [-0.1, -0.05) is 6.92 Å². The third-order valence-electron chi connectivity index (χ3n) is 3.03. The first-order valence-corrected chi connectivity index (χ1v) is 7.48. The van der Waals surface area contributed by atoms with Crippen molar-refractivity contribution in [2.45, 2.75) is 33.7 Å². The highest BCUT2D eigenvalue weighted by Gasteiger charge is 2.09. The van der Waals surface area contributed by atoms with Gasteiger partial charge in [0.25, 0.3) is 0 Å². The Kier molecular flexibility index (Phi) is 4.74. The SMILES string of the molecule is CCNc1ncnc(NCc2sccc2C)c1CC. The van der Waals surface area contributed by atoms with Crippen molar-refractivity contribution < 1.29 is 0 Å². The number of hydrogen-bond donors (Lipinski definition) is 2. The van der Waals surface area contributed by atoms with Crippen LogP contribution >= 0.6 is 11.3 Å². The van der Waals surface area contributed by atoms with Crippen molar-refractivity contribution in [3.63, 3.8) is 0 Å². The fourth-order valence-corrected chi connectivity index (χ4v) is 2.81. The molecule has 0 fully saturated rings. The molecule has 102 valence electrons. The Hall–Kier alpha value is -1.62. The highest BCUT2D eigenvalue weighted by molar-refractivity contribution is 7.10. The molecule has 0 amide bonds. The quantitative estimate of drug-likeness (QED) is 0.848. The first-order chi connectivity index (χ1) is 9.26. The molecule has 0 aliphatic carbocycles. The van der Waals surface area contributed by atoms with Gasteiger partial charge in [-0.3, -0.25) is 0 Å². The van der Waals surface area contributed by atoms with E-state index in [9.17, 15) is 0 Å². The van der Waals surface area contributed by atoms with Crippen molar-refractivity contribution >= 4 is 23.0 Å². The van der Waals surface area contributed by atoms with Crippen LogP contribution in [0.4, 0.5) is 11.6 Å². The average molecular weight is 276 g/mol. The molecule has 0 spiro atoms. The van der Waals surface area contributed by atoms with Crippen LogP contribution in [-0.4, -0.2) is 16.5 Å². The molecule has 0 aliphatic heterocycles. The van der Waals surface area contributed by atoms with Crippen molar-refractivity contribution in [1.29, 1.82) is 0 Å². The van der Waals surface area contributed by atoms with E-state index in [1.165, 1.54) is 10.4 Å². The fraction of sp³-hybridized carbons (Fsp3) is 0.429. The first-order valence-electron chi connectivity index (χ1n) is 6.60. The molecule has 0 saturated heterocycles. The molecule has 5 heteroatoms. The summed E-state index contributed by atoms with van der Waals surface area (Å²) in [4.78, 5) is 10.0. The zero-order chi connectivity index (χ0) is 13.7. The molecule has 0 aliphatic rings. The second-order valence-electron chi connectivity index (χ2n) is 4.31. The van der Waals surface area contributed by atoms with Gasteiger partial charge in [-0.05, 0) is 37.3 Å². The van der Waals surface area contributed by atoms with Crippen LogP contribution in [-0.2, 0) is 13.0 Å². The third-order valence-corrected chi connectivity index (χ3v) is 4.05. The van der Waals surface area contributed by atoms with Crippen LogP contribution in [0.15, 0.2) is 17.8 Å². The summed E-state index contributed by atoms with van der Waals surface area (Å²) in [6.07, 6.45) is 2.52. The maximum atomic E-state index is 4.36. The summed E-state index contributed by atoms with van der Waals surface area (Å²) in [5.41, 5.74) is 2.48. The van der Waals surface area contributed by atoms with Gasteiger partial charge in [-0.2, -0.15) is 0 Å². The Morgan fingerprint density at radius 1 is 1.16 bits per heavy atom. The molecule has 0 bridgehead atoms. The second kappa shape index (κ2) is 6.52. The summed E-state index contributed by atoms with van der Waals surface area (Å²) in [5, 5.41) is 8.83. The van der Waals surface area contributed by atoms with Crippen molar-refractivity contribution in [1.82, 2.24) is 9.97 Å². The predicted molar refractivity (Wildman–Crippen MR) is 82.0 cm³/mol. The Balaban J connectivity index is 2.15. The van der Waals surface area contributed by atoms with Crippen LogP contribution in [0.25, 0.3) is 0 Å². The standard InChI is InChI=1S/C14H20N4S/c1-4-11-13(15-5-2)17-9-18-14(11)16-8-12-10(3)6-7-19-12/h6-7,9H,4-5,8H2,1-3H3,(H2,15,16,17,18). The summed E-state index contributed by atoms with van der Waals surface area (Å²) in [5.74, 6) is 1.87. The number of rotatable bonds is 6. The third kappa shape index (κ3) is 3.23. The van der Waals surface area contributed by atoms with Crippen molar-refractivity contribution in [3.8, 4) is 0 Å². The summed E-state index contributed by atoms with van der Waals surface area (Å²) in [7, 11) is 0. The van der Waals surface area contributed by atoms with Gasteiger partial charge < -0.3 is 10.6 Å². The fourth-order valence-electron chi connectivity index (χ4n) is 1.97. The summed E-state index contributed by atoms with van der Waals surface area (Å²) >= 11 is 1.78. The number of aromatic nitrogens is 2. The van der Waals surface area contributed by atoms with E-state index in [4.69, 9.17) is 0 Å². The molecule has 19 heavy (non-hydrogen) atoms. The number of hydrogen-bond acceptors (Lipinski definition) is 5. The van der Waals surface area contributed by atoms with E-state index in [1.807, 2.05) is 0 Å². The van der Waals surface area contributed by atoms with E-state index in [1.54, 1.807) is 17.7 Å². The molecule has 2 rings (SSSR count). The molecule has 0 unspecified atom stereocenters. The van der Waals surface area contributed by atoms with Crippen LogP contribution in [0.1, 0.15) is 29.9 Å². The van der Waals surface area contributed by atoms with E-state index in [0.29, 0.717) is 0 Å². The number of thiophene rings is 1. The highest BCUT2D eigenvalue weighted by atomic mass is 32.1. The lowest BCUT2D eigenvalue weighted by Gasteiger charge is -2.13. The van der Waals surface area contributed by atoms with Gasteiger partial charge in [0.1, 0.15) is 18.0 Å². The zero-order valence-electron chi connectivity index (χ0n) is 11.7. The molecule has 4 nitrogen and oxygen atoms in total. The molecular weight excluding hydrogens is 256 g/mol.